The molecule has 0 amide bonds. The van der Waals surface area contributed by atoms with E-state index in [0.717, 1.165) is 22.3 Å². The van der Waals surface area contributed by atoms with Crippen LogP contribution < -0.4 is 10.6 Å². The van der Waals surface area contributed by atoms with E-state index in [1.54, 1.807) is 84.9 Å². The molecule has 2 aliphatic rings. The Kier molecular flexibility index (Phi) is 21.1. The Balaban J connectivity index is 0.000000202. The number of sulfonamides is 2. The predicted molar refractivity (Wildman–Crippen MR) is 322 cm³/mol. The van der Waals surface area contributed by atoms with Crippen LogP contribution >= 0.6 is 0 Å². The van der Waals surface area contributed by atoms with E-state index in [-0.39, 0.29) is 47.6 Å². The van der Waals surface area contributed by atoms with E-state index in [2.05, 4.69) is 10.6 Å². The van der Waals surface area contributed by atoms with Crippen LogP contribution in [0, 0.1) is 11.6 Å². The quantitative estimate of drug-likeness (QED) is 0.0512. The highest BCUT2D eigenvalue weighted by Gasteiger charge is 2.36. The topological polar surface area (TPSA) is 173 Å². The van der Waals surface area contributed by atoms with E-state index in [1.165, 1.54) is 20.7 Å². The maximum Gasteiger partial charge on any atom is 0.243 e. The Labute approximate surface area is 492 Å². The first-order valence-electron chi connectivity index (χ1n) is 28.4. The molecule has 0 saturated carbocycles. The average molecular weight is 1170 g/mol. The van der Waals surface area contributed by atoms with Crippen LogP contribution in [0.3, 0.4) is 0 Å². The maximum absolute atomic E-state index is 15.2. The lowest BCUT2D eigenvalue weighted by Crippen LogP contribution is -2.53. The number of aliphatic hydroxyl groups excluding tert-OH is 2. The molecule has 2 fully saturated rings. The molecule has 16 heteroatoms. The third kappa shape index (κ3) is 14.9. The minimum atomic E-state index is -3.72. The number of piperazine rings is 2. The molecule has 0 radical (unpaired) electrons. The number of rotatable bonds is 22. The molecule has 2 heterocycles. The minimum Gasteiger partial charge on any atom is -0.384 e. The second kappa shape index (κ2) is 28.9. The molecule has 12 nitrogen and oxygen atoms in total. The molecule has 0 unspecified atom stereocenters. The van der Waals surface area contributed by atoms with Crippen LogP contribution in [0.5, 0.6) is 0 Å². The fraction of sp³-hybridized carbons (Fsp3) is 0.265. The molecule has 2 aliphatic heterocycles. The van der Waals surface area contributed by atoms with Crippen LogP contribution in [0.15, 0.2) is 228 Å². The molecule has 0 aromatic heterocycles. The number of ketones is 2. The third-order valence-corrected chi connectivity index (χ3v) is 19.8. The standard InChI is InChI=1S/2C34H35FN2O4S/c2*35-31-18-10-15-27(23-32(38)34(39)33(25-11-4-1-5-12-25)26-13-6-2-7-14-26)30(31)20-19-28-24-36-21-22-37(28)42(40,41)29-16-8-3-9-17-29/h2*1-18,28,33-34,36,39H,19-24H2/t28-,34+;28-,34-/m00/s1. The summed E-state index contributed by atoms with van der Waals surface area (Å²) in [5, 5.41) is 29.2. The fourth-order valence-electron chi connectivity index (χ4n) is 11.5. The van der Waals surface area contributed by atoms with Crippen molar-refractivity contribution in [2.24, 2.45) is 0 Å². The highest BCUT2D eigenvalue weighted by Crippen LogP contribution is 2.33. The molecule has 2 saturated heterocycles. The summed E-state index contributed by atoms with van der Waals surface area (Å²) < 4.78 is 87.1. The normalized spacial score (nSPS) is 16.8. The van der Waals surface area contributed by atoms with Gasteiger partial charge in [0.1, 0.15) is 23.8 Å². The lowest BCUT2D eigenvalue weighted by molar-refractivity contribution is -0.127. The van der Waals surface area contributed by atoms with Gasteiger partial charge in [0, 0.05) is 76.0 Å². The van der Waals surface area contributed by atoms with E-state index in [9.17, 15) is 36.6 Å². The van der Waals surface area contributed by atoms with Crippen molar-refractivity contribution in [3.8, 4) is 0 Å². The summed E-state index contributed by atoms with van der Waals surface area (Å²) in [6.07, 6.45) is -1.70. The van der Waals surface area contributed by atoms with Crippen LogP contribution in [-0.2, 0) is 55.3 Å². The molecule has 8 aromatic carbocycles. The van der Waals surface area contributed by atoms with Crippen LogP contribution in [0.25, 0.3) is 0 Å². The molecule has 4 atom stereocenters. The summed E-state index contributed by atoms with van der Waals surface area (Å²) in [5.41, 5.74) is 5.00. The largest absolute Gasteiger partial charge is 0.384 e. The van der Waals surface area contributed by atoms with Crippen LogP contribution in [0.4, 0.5) is 8.78 Å². The Morgan fingerprint density at radius 2 is 0.738 bits per heavy atom. The van der Waals surface area contributed by atoms with Crippen molar-refractivity contribution in [2.45, 2.75) is 84.4 Å². The third-order valence-electron chi connectivity index (χ3n) is 15.8. The van der Waals surface area contributed by atoms with Gasteiger partial charge in [0.2, 0.25) is 20.0 Å². The van der Waals surface area contributed by atoms with E-state index < -0.39 is 67.3 Å². The van der Waals surface area contributed by atoms with Gasteiger partial charge in [-0.05, 0) is 107 Å². The van der Waals surface area contributed by atoms with Gasteiger partial charge in [0.25, 0.3) is 0 Å². The molecule has 8 aromatic rings. The predicted octanol–water partition coefficient (Wildman–Crippen LogP) is 9.45. The number of benzene rings is 8. The summed E-state index contributed by atoms with van der Waals surface area (Å²) in [6.45, 7) is 2.59. The molecular formula is C68H70F2N4O8S2. The number of halogens is 2. The van der Waals surface area contributed by atoms with Crippen molar-refractivity contribution in [3.63, 3.8) is 0 Å². The summed E-state index contributed by atoms with van der Waals surface area (Å²) in [4.78, 5) is 27.5. The van der Waals surface area contributed by atoms with Crippen LogP contribution in [0.1, 0.15) is 69.2 Å². The Morgan fingerprint density at radius 1 is 0.440 bits per heavy atom. The highest BCUT2D eigenvalue weighted by molar-refractivity contribution is 7.89. The summed E-state index contributed by atoms with van der Waals surface area (Å²) in [5.74, 6) is -2.85. The molecule has 4 N–H and O–H groups in total. The molecular weight excluding hydrogens is 1100 g/mol. The van der Waals surface area contributed by atoms with Crippen molar-refractivity contribution in [2.75, 3.05) is 39.3 Å². The van der Waals surface area contributed by atoms with Gasteiger partial charge in [-0.2, -0.15) is 8.61 Å². The van der Waals surface area contributed by atoms with Crippen molar-refractivity contribution < 1.29 is 45.4 Å². The van der Waals surface area contributed by atoms with Gasteiger partial charge in [-0.1, -0.05) is 182 Å². The van der Waals surface area contributed by atoms with Crippen molar-refractivity contribution >= 4 is 31.6 Å². The zero-order chi connectivity index (χ0) is 59.1. The maximum atomic E-state index is 15.2. The zero-order valence-electron chi connectivity index (χ0n) is 46.5. The lowest BCUT2D eigenvalue weighted by Gasteiger charge is -2.35. The number of carbonyl (C=O) groups is 2. The van der Waals surface area contributed by atoms with Crippen molar-refractivity contribution in [1.29, 1.82) is 0 Å². The monoisotopic (exact) mass is 1170 g/mol. The summed E-state index contributed by atoms with van der Waals surface area (Å²) >= 11 is 0. The van der Waals surface area contributed by atoms with Gasteiger partial charge in [0.15, 0.2) is 11.6 Å². The summed E-state index contributed by atoms with van der Waals surface area (Å²) in [7, 11) is -7.43. The van der Waals surface area contributed by atoms with E-state index in [0.29, 0.717) is 74.4 Å². The molecule has 84 heavy (non-hydrogen) atoms. The van der Waals surface area contributed by atoms with Gasteiger partial charge in [0.05, 0.1) is 9.79 Å². The smallest absolute Gasteiger partial charge is 0.243 e. The fourth-order valence-corrected chi connectivity index (χ4v) is 14.8. The first-order chi connectivity index (χ1) is 40.7. The molecule has 0 aliphatic carbocycles. The lowest BCUT2D eigenvalue weighted by atomic mass is 9.83. The van der Waals surface area contributed by atoms with Gasteiger partial charge < -0.3 is 20.8 Å². The highest BCUT2D eigenvalue weighted by atomic mass is 32.2. The SMILES string of the molecule is O=C(Cc1cccc(F)c1CC[C@H]1CNCCN1S(=O)(=O)c1ccccc1)[C@@H](O)C(c1ccccc1)c1ccccc1.O=C(Cc1cccc(F)c1CC[C@H]1CNCCN1S(=O)(=O)c1ccccc1)[C@H](O)C(c1ccccc1)c1ccccc1. The molecule has 0 bridgehead atoms. The number of nitrogens with one attached hydrogen (secondary N) is 2. The van der Waals surface area contributed by atoms with E-state index in [4.69, 9.17) is 0 Å². The first kappa shape index (κ1) is 61.2. The Morgan fingerprint density at radius 3 is 1.05 bits per heavy atom. The number of aliphatic hydroxyl groups is 2. The van der Waals surface area contributed by atoms with Crippen LogP contribution in [-0.4, -0.2) is 111 Å². The van der Waals surface area contributed by atoms with Crippen molar-refractivity contribution in [1.82, 2.24) is 19.2 Å². The number of carbonyl (C=O) groups excluding carboxylic acids is 2. The molecule has 436 valence electrons. The van der Waals surface area contributed by atoms with Crippen LogP contribution in [0.2, 0.25) is 0 Å². The number of hydrogen-bond donors (Lipinski definition) is 4. The Hall–Kier alpha value is -7.38. The minimum absolute atomic E-state index is 0.140. The van der Waals surface area contributed by atoms with E-state index in [1.807, 2.05) is 121 Å². The summed E-state index contributed by atoms with van der Waals surface area (Å²) in [6, 6.07) is 62.7. The second-order valence-electron chi connectivity index (χ2n) is 21.2. The van der Waals surface area contributed by atoms with Crippen molar-refractivity contribution in [3.05, 3.63) is 275 Å². The van der Waals surface area contributed by atoms with Gasteiger partial charge in [-0.3, -0.25) is 9.59 Å². The Bertz CT molecular complexity index is 3330. The first-order valence-corrected chi connectivity index (χ1v) is 31.3. The van der Waals surface area contributed by atoms with Gasteiger partial charge >= 0.3 is 0 Å². The zero-order valence-corrected chi connectivity index (χ0v) is 48.2. The molecule has 10 rings (SSSR count). The number of Topliss-reactive ketones (excluding diaryl/α,β-unsaturated/α-hetero) is 2. The molecule has 0 spiro atoms. The second-order valence-corrected chi connectivity index (χ2v) is 25.0. The number of hydrogen-bond acceptors (Lipinski definition) is 10. The average Bonchev–Trinajstić information content (AvgIpc) is 3.69. The van der Waals surface area contributed by atoms with Gasteiger partial charge in [-0.25, -0.2) is 25.6 Å². The number of nitrogens with zero attached hydrogens (tertiary/aromatic N) is 2. The van der Waals surface area contributed by atoms with E-state index >= 15 is 8.78 Å². The van der Waals surface area contributed by atoms with Gasteiger partial charge in [-0.15, -0.1) is 0 Å².